The van der Waals surface area contributed by atoms with E-state index in [4.69, 9.17) is 13.9 Å². The molecule has 8 nitrogen and oxygen atoms in total. The fourth-order valence-corrected chi connectivity index (χ4v) is 2.60. The SMILES string of the molecule is CNC(=O)CN(C)C(=O)c1coc(COc2ccc3ccc(OC)cc3c2)n1. The Morgan fingerprint density at radius 3 is 2.57 bits per heavy atom. The van der Waals surface area contributed by atoms with Crippen LogP contribution in [0.2, 0.25) is 0 Å². The van der Waals surface area contributed by atoms with Crippen LogP contribution in [0.15, 0.2) is 47.1 Å². The summed E-state index contributed by atoms with van der Waals surface area (Å²) in [5.74, 6) is 1.000. The summed E-state index contributed by atoms with van der Waals surface area (Å²) in [5.41, 5.74) is 0.119. The Hall–Kier alpha value is -3.55. The first kappa shape index (κ1) is 19.2. The highest BCUT2D eigenvalue weighted by molar-refractivity contribution is 5.94. The Balaban J connectivity index is 1.64. The molecule has 0 saturated carbocycles. The van der Waals surface area contributed by atoms with Crippen LogP contribution >= 0.6 is 0 Å². The molecule has 0 spiro atoms. The van der Waals surface area contributed by atoms with Gasteiger partial charge >= 0.3 is 0 Å². The molecule has 0 aliphatic carbocycles. The molecule has 2 aromatic carbocycles. The standard InChI is InChI=1S/C20H21N3O5/c1-21-18(24)10-23(2)20(25)17-11-28-19(22-17)12-27-16-7-5-13-4-6-15(26-3)8-14(13)9-16/h4-9,11H,10,12H2,1-3H3,(H,21,24). The molecule has 1 aromatic heterocycles. The Bertz CT molecular complexity index is 998. The van der Waals surface area contributed by atoms with Crippen molar-refractivity contribution in [3.8, 4) is 11.5 Å². The maximum absolute atomic E-state index is 12.3. The number of carbonyl (C=O) groups is 2. The number of amides is 2. The molecule has 0 aliphatic rings. The van der Waals surface area contributed by atoms with Gasteiger partial charge in [-0.05, 0) is 35.0 Å². The largest absolute Gasteiger partial charge is 0.497 e. The average molecular weight is 383 g/mol. The van der Waals surface area contributed by atoms with Crippen LogP contribution < -0.4 is 14.8 Å². The molecule has 28 heavy (non-hydrogen) atoms. The molecule has 0 saturated heterocycles. The number of rotatable bonds is 7. The molecule has 0 fully saturated rings. The van der Waals surface area contributed by atoms with Crippen LogP contribution in [0.5, 0.6) is 11.5 Å². The summed E-state index contributed by atoms with van der Waals surface area (Å²) >= 11 is 0. The second-order valence-electron chi connectivity index (χ2n) is 6.12. The van der Waals surface area contributed by atoms with Crippen LogP contribution in [0.1, 0.15) is 16.4 Å². The zero-order chi connectivity index (χ0) is 20.1. The average Bonchev–Trinajstić information content (AvgIpc) is 3.19. The quantitative estimate of drug-likeness (QED) is 0.672. The minimum Gasteiger partial charge on any atom is -0.497 e. The summed E-state index contributed by atoms with van der Waals surface area (Å²) in [6.07, 6.45) is 1.26. The van der Waals surface area contributed by atoms with Gasteiger partial charge in [0.05, 0.1) is 13.7 Å². The fourth-order valence-electron chi connectivity index (χ4n) is 2.60. The molecular formula is C20H21N3O5. The zero-order valence-corrected chi connectivity index (χ0v) is 15.9. The lowest BCUT2D eigenvalue weighted by Crippen LogP contribution is -2.37. The molecule has 146 valence electrons. The lowest BCUT2D eigenvalue weighted by Gasteiger charge is -2.13. The van der Waals surface area contributed by atoms with Crippen LogP contribution in [-0.4, -0.2) is 49.4 Å². The number of nitrogens with zero attached hydrogens (tertiary/aromatic N) is 2. The van der Waals surface area contributed by atoms with Crippen molar-refractivity contribution < 1.29 is 23.5 Å². The van der Waals surface area contributed by atoms with Crippen molar-refractivity contribution in [2.45, 2.75) is 6.61 Å². The van der Waals surface area contributed by atoms with Gasteiger partial charge in [-0.15, -0.1) is 0 Å². The van der Waals surface area contributed by atoms with Gasteiger partial charge in [0.1, 0.15) is 17.8 Å². The lowest BCUT2D eigenvalue weighted by molar-refractivity contribution is -0.121. The first-order chi connectivity index (χ1) is 13.5. The predicted molar refractivity (Wildman–Crippen MR) is 102 cm³/mol. The summed E-state index contributed by atoms with van der Waals surface area (Å²) in [6, 6.07) is 11.5. The van der Waals surface area contributed by atoms with E-state index in [1.165, 1.54) is 25.3 Å². The number of hydrogen-bond donors (Lipinski definition) is 1. The minimum atomic E-state index is -0.406. The third kappa shape index (κ3) is 4.40. The van der Waals surface area contributed by atoms with Crippen LogP contribution in [-0.2, 0) is 11.4 Å². The van der Waals surface area contributed by atoms with E-state index in [0.717, 1.165) is 16.5 Å². The highest BCUT2D eigenvalue weighted by Crippen LogP contribution is 2.25. The smallest absolute Gasteiger partial charge is 0.276 e. The second-order valence-corrected chi connectivity index (χ2v) is 6.12. The van der Waals surface area contributed by atoms with E-state index >= 15 is 0 Å². The van der Waals surface area contributed by atoms with E-state index in [9.17, 15) is 9.59 Å². The monoisotopic (exact) mass is 383 g/mol. The number of aromatic nitrogens is 1. The lowest BCUT2D eigenvalue weighted by atomic mass is 10.1. The van der Waals surface area contributed by atoms with Gasteiger partial charge < -0.3 is 24.1 Å². The van der Waals surface area contributed by atoms with E-state index in [1.807, 2.05) is 36.4 Å². The van der Waals surface area contributed by atoms with E-state index in [0.29, 0.717) is 5.75 Å². The van der Waals surface area contributed by atoms with Gasteiger partial charge in [-0.25, -0.2) is 4.98 Å². The van der Waals surface area contributed by atoms with Crippen molar-refractivity contribution in [2.75, 3.05) is 27.7 Å². The van der Waals surface area contributed by atoms with Crippen molar-refractivity contribution in [2.24, 2.45) is 0 Å². The Kier molecular flexibility index (Phi) is 5.78. The van der Waals surface area contributed by atoms with Gasteiger partial charge in [0.25, 0.3) is 5.91 Å². The highest BCUT2D eigenvalue weighted by atomic mass is 16.5. The molecule has 3 aromatic rings. The summed E-state index contributed by atoms with van der Waals surface area (Å²) in [4.78, 5) is 29.0. The third-order valence-corrected chi connectivity index (χ3v) is 4.16. The Morgan fingerprint density at radius 1 is 1.14 bits per heavy atom. The molecule has 0 radical (unpaired) electrons. The van der Waals surface area contributed by atoms with Crippen molar-refractivity contribution in [1.29, 1.82) is 0 Å². The number of fused-ring (bicyclic) bond motifs is 1. The number of carbonyl (C=O) groups excluding carboxylic acids is 2. The number of nitrogens with one attached hydrogen (secondary N) is 1. The molecule has 1 heterocycles. The maximum atomic E-state index is 12.3. The van der Waals surface area contributed by atoms with Gasteiger partial charge in [-0.3, -0.25) is 9.59 Å². The molecule has 3 rings (SSSR count). The Morgan fingerprint density at radius 2 is 1.86 bits per heavy atom. The van der Waals surface area contributed by atoms with Gasteiger partial charge in [0, 0.05) is 14.1 Å². The normalized spacial score (nSPS) is 10.5. The molecule has 8 heteroatoms. The number of ether oxygens (including phenoxy) is 2. The third-order valence-electron chi connectivity index (χ3n) is 4.16. The first-order valence-electron chi connectivity index (χ1n) is 8.61. The van der Waals surface area contributed by atoms with Crippen LogP contribution in [0.4, 0.5) is 0 Å². The number of hydrogen-bond acceptors (Lipinski definition) is 6. The number of benzene rings is 2. The Labute approximate surface area is 162 Å². The second kappa shape index (κ2) is 8.43. The van der Waals surface area contributed by atoms with Crippen LogP contribution in [0, 0.1) is 0 Å². The molecule has 0 bridgehead atoms. The van der Waals surface area contributed by atoms with Crippen LogP contribution in [0.3, 0.4) is 0 Å². The van der Waals surface area contributed by atoms with E-state index in [1.54, 1.807) is 7.11 Å². The van der Waals surface area contributed by atoms with Gasteiger partial charge in [0.2, 0.25) is 11.8 Å². The molecule has 2 amide bonds. The fraction of sp³-hybridized carbons (Fsp3) is 0.250. The van der Waals surface area contributed by atoms with Gasteiger partial charge in [-0.2, -0.15) is 0 Å². The van der Waals surface area contributed by atoms with Crippen molar-refractivity contribution >= 4 is 22.6 Å². The predicted octanol–water partition coefficient (Wildman–Crippen LogP) is 2.23. The van der Waals surface area contributed by atoms with E-state index in [2.05, 4.69) is 10.3 Å². The number of oxazole rings is 1. The molecule has 0 unspecified atom stereocenters. The van der Waals surface area contributed by atoms with Gasteiger partial charge in [0.15, 0.2) is 12.3 Å². The minimum absolute atomic E-state index is 0.0609. The summed E-state index contributed by atoms with van der Waals surface area (Å²) in [6.45, 7) is 0.0104. The zero-order valence-electron chi connectivity index (χ0n) is 15.9. The van der Waals surface area contributed by atoms with Gasteiger partial charge in [-0.1, -0.05) is 12.1 Å². The van der Waals surface area contributed by atoms with Crippen LogP contribution in [0.25, 0.3) is 10.8 Å². The topological polar surface area (TPSA) is 93.9 Å². The first-order valence-corrected chi connectivity index (χ1v) is 8.61. The molecule has 0 aliphatic heterocycles. The maximum Gasteiger partial charge on any atom is 0.276 e. The van der Waals surface area contributed by atoms with E-state index in [-0.39, 0.29) is 30.6 Å². The van der Waals surface area contributed by atoms with Crippen molar-refractivity contribution in [1.82, 2.24) is 15.2 Å². The summed E-state index contributed by atoms with van der Waals surface area (Å²) in [7, 11) is 4.65. The van der Waals surface area contributed by atoms with Crippen molar-refractivity contribution in [3.63, 3.8) is 0 Å². The number of likely N-dealkylation sites (N-methyl/N-ethyl adjacent to an activating group) is 2. The van der Waals surface area contributed by atoms with Crippen molar-refractivity contribution in [3.05, 3.63) is 54.2 Å². The molecular weight excluding hydrogens is 362 g/mol. The highest BCUT2D eigenvalue weighted by Gasteiger charge is 2.18. The summed E-state index contributed by atoms with van der Waals surface area (Å²) < 4.78 is 16.3. The number of methoxy groups -OCH3 is 1. The summed E-state index contributed by atoms with van der Waals surface area (Å²) in [5, 5.41) is 4.51. The molecule has 1 N–H and O–H groups in total. The molecule has 0 atom stereocenters. The van der Waals surface area contributed by atoms with E-state index < -0.39 is 5.91 Å².